The molecule has 5 nitrogen and oxygen atoms in total. The van der Waals surface area contributed by atoms with E-state index in [4.69, 9.17) is 4.74 Å². The van der Waals surface area contributed by atoms with Crippen molar-refractivity contribution in [1.82, 2.24) is 15.3 Å². The van der Waals surface area contributed by atoms with Crippen LogP contribution < -0.4 is 15.0 Å². The molecule has 1 N–H and O–H groups in total. The first-order valence-corrected chi connectivity index (χ1v) is 8.17. The van der Waals surface area contributed by atoms with Crippen molar-refractivity contribution in [2.75, 3.05) is 26.1 Å². The molecule has 1 atom stereocenters. The maximum Gasteiger partial charge on any atom is 0.225 e. The second-order valence-corrected chi connectivity index (χ2v) is 6.25. The number of nitrogens with one attached hydrogen (secondary N) is 1. The predicted molar refractivity (Wildman–Crippen MR) is 91.8 cm³/mol. The second kappa shape index (κ2) is 7.13. The van der Waals surface area contributed by atoms with E-state index in [0.717, 1.165) is 36.5 Å². The van der Waals surface area contributed by atoms with E-state index in [1.807, 2.05) is 25.2 Å². The zero-order valence-corrected chi connectivity index (χ0v) is 14.3. The van der Waals surface area contributed by atoms with Crippen LogP contribution >= 0.6 is 0 Å². The normalized spacial score (nSPS) is 16.6. The lowest BCUT2D eigenvalue weighted by Crippen LogP contribution is -2.27. The summed E-state index contributed by atoms with van der Waals surface area (Å²) >= 11 is 0. The van der Waals surface area contributed by atoms with Crippen LogP contribution in [0.5, 0.6) is 5.75 Å². The summed E-state index contributed by atoms with van der Waals surface area (Å²) in [6.07, 6.45) is 4.93. The van der Waals surface area contributed by atoms with Crippen molar-refractivity contribution >= 4 is 5.95 Å². The summed E-state index contributed by atoms with van der Waals surface area (Å²) in [5, 5.41) is 3.45. The summed E-state index contributed by atoms with van der Waals surface area (Å²) in [5.74, 6) is 1.17. The Kier molecular flexibility index (Phi) is 4.94. The summed E-state index contributed by atoms with van der Waals surface area (Å²) < 4.78 is 19.1. The fraction of sp³-hybridized carbons (Fsp3) is 0.444. The monoisotopic (exact) mass is 330 g/mol. The molecule has 128 valence electrons. The lowest BCUT2D eigenvalue weighted by molar-refractivity contribution is 0.410. The van der Waals surface area contributed by atoms with Gasteiger partial charge in [-0.05, 0) is 37.5 Å². The van der Waals surface area contributed by atoms with E-state index in [2.05, 4.69) is 15.3 Å². The van der Waals surface area contributed by atoms with Crippen LogP contribution in [0.25, 0.3) is 0 Å². The van der Waals surface area contributed by atoms with E-state index in [1.54, 1.807) is 19.2 Å². The van der Waals surface area contributed by atoms with Crippen LogP contribution in [-0.4, -0.2) is 31.2 Å². The third-order valence-corrected chi connectivity index (χ3v) is 4.36. The van der Waals surface area contributed by atoms with Gasteiger partial charge >= 0.3 is 0 Å². The number of methoxy groups -OCH3 is 1. The Morgan fingerprint density at radius 2 is 2.21 bits per heavy atom. The van der Waals surface area contributed by atoms with E-state index < -0.39 is 0 Å². The van der Waals surface area contributed by atoms with Gasteiger partial charge < -0.3 is 15.0 Å². The van der Waals surface area contributed by atoms with Crippen LogP contribution in [-0.2, 0) is 13.0 Å². The maximum atomic E-state index is 14.0. The van der Waals surface area contributed by atoms with Crippen LogP contribution in [0, 0.1) is 5.82 Å². The summed E-state index contributed by atoms with van der Waals surface area (Å²) in [5.41, 5.74) is 2.81. The second-order valence-electron chi connectivity index (χ2n) is 6.25. The molecular formula is C18H23FN4O. The highest BCUT2D eigenvalue weighted by Gasteiger charge is 2.22. The lowest BCUT2D eigenvalue weighted by atomic mass is 9.92. The van der Waals surface area contributed by atoms with Crippen molar-refractivity contribution in [3.8, 4) is 5.75 Å². The van der Waals surface area contributed by atoms with Crippen LogP contribution in [0.1, 0.15) is 35.7 Å². The van der Waals surface area contributed by atoms with Crippen molar-refractivity contribution in [3.05, 3.63) is 47.0 Å². The highest BCUT2D eigenvalue weighted by Crippen LogP contribution is 2.29. The number of aromatic nitrogens is 2. The van der Waals surface area contributed by atoms with E-state index in [-0.39, 0.29) is 11.9 Å². The fourth-order valence-electron chi connectivity index (χ4n) is 3.01. The first-order valence-electron chi connectivity index (χ1n) is 8.17. The molecule has 1 heterocycles. The minimum absolute atomic E-state index is 0.149. The molecule has 0 saturated carbocycles. The Morgan fingerprint density at radius 3 is 2.96 bits per heavy atom. The van der Waals surface area contributed by atoms with Crippen molar-refractivity contribution < 1.29 is 9.13 Å². The molecule has 3 rings (SSSR count). The quantitative estimate of drug-likeness (QED) is 0.913. The van der Waals surface area contributed by atoms with Crippen molar-refractivity contribution in [2.45, 2.75) is 31.8 Å². The summed E-state index contributed by atoms with van der Waals surface area (Å²) in [4.78, 5) is 11.0. The van der Waals surface area contributed by atoms with Gasteiger partial charge in [-0.25, -0.2) is 14.4 Å². The average molecular weight is 330 g/mol. The smallest absolute Gasteiger partial charge is 0.225 e. The third-order valence-electron chi connectivity index (χ3n) is 4.36. The highest BCUT2D eigenvalue weighted by molar-refractivity contribution is 5.34. The Labute approximate surface area is 141 Å². The Balaban J connectivity index is 1.76. The first-order chi connectivity index (χ1) is 11.6. The number of rotatable bonds is 5. The lowest BCUT2D eigenvalue weighted by Gasteiger charge is -2.26. The topological polar surface area (TPSA) is 50.3 Å². The molecule has 0 fully saturated rings. The van der Waals surface area contributed by atoms with Gasteiger partial charge in [-0.1, -0.05) is 0 Å². The van der Waals surface area contributed by atoms with Crippen LogP contribution in [0.15, 0.2) is 24.4 Å². The number of benzene rings is 1. The molecule has 1 aromatic carbocycles. The van der Waals surface area contributed by atoms with Crippen LogP contribution in [0.2, 0.25) is 0 Å². The van der Waals surface area contributed by atoms with E-state index in [1.165, 1.54) is 6.07 Å². The molecule has 2 aromatic rings. The Bertz CT molecular complexity index is 720. The van der Waals surface area contributed by atoms with Gasteiger partial charge in [-0.2, -0.15) is 0 Å². The molecule has 1 aromatic heterocycles. The average Bonchev–Trinajstić information content (AvgIpc) is 2.60. The molecule has 0 spiro atoms. The minimum Gasteiger partial charge on any atom is -0.497 e. The minimum atomic E-state index is -0.224. The fourth-order valence-corrected chi connectivity index (χ4v) is 3.01. The van der Waals surface area contributed by atoms with Crippen molar-refractivity contribution in [3.63, 3.8) is 0 Å². The van der Waals surface area contributed by atoms with Gasteiger partial charge in [0.2, 0.25) is 5.95 Å². The predicted octanol–water partition coefficient (Wildman–Crippen LogP) is 2.86. The van der Waals surface area contributed by atoms with Gasteiger partial charge in [-0.15, -0.1) is 0 Å². The number of hydrogen-bond acceptors (Lipinski definition) is 5. The molecule has 0 unspecified atom stereocenters. The van der Waals surface area contributed by atoms with Crippen molar-refractivity contribution in [2.24, 2.45) is 0 Å². The van der Waals surface area contributed by atoms with E-state index in [0.29, 0.717) is 17.9 Å². The highest BCUT2D eigenvalue weighted by atomic mass is 19.1. The number of halogens is 1. The maximum absolute atomic E-state index is 14.0. The molecule has 0 amide bonds. The summed E-state index contributed by atoms with van der Waals surface area (Å²) in [6, 6.07) is 4.95. The zero-order valence-electron chi connectivity index (χ0n) is 14.3. The molecule has 0 saturated heterocycles. The standard InChI is InChI=1S/C18H23FN4O/c1-23(2)18-21-11-14-16(5-4-6-17(14)22-18)20-10-12-9-13(24-3)7-8-15(12)19/h7-9,11,16,20H,4-6,10H2,1-3H3/t16-/m0/s1. The molecular weight excluding hydrogens is 307 g/mol. The first kappa shape index (κ1) is 16.6. The molecule has 24 heavy (non-hydrogen) atoms. The molecule has 0 radical (unpaired) electrons. The van der Waals surface area contributed by atoms with E-state index >= 15 is 0 Å². The number of ether oxygens (including phenoxy) is 1. The Morgan fingerprint density at radius 1 is 1.38 bits per heavy atom. The number of anilines is 1. The molecule has 0 bridgehead atoms. The largest absolute Gasteiger partial charge is 0.497 e. The zero-order chi connectivity index (χ0) is 17.1. The van der Waals surface area contributed by atoms with E-state index in [9.17, 15) is 4.39 Å². The number of aryl methyl sites for hydroxylation is 1. The number of fused-ring (bicyclic) bond motifs is 1. The van der Waals surface area contributed by atoms with Crippen LogP contribution in [0.3, 0.4) is 0 Å². The van der Waals surface area contributed by atoms with Gasteiger partial charge in [-0.3, -0.25) is 0 Å². The molecule has 1 aliphatic carbocycles. The van der Waals surface area contributed by atoms with Gasteiger partial charge in [0.15, 0.2) is 0 Å². The van der Waals surface area contributed by atoms with Gasteiger partial charge in [0.05, 0.1) is 12.8 Å². The SMILES string of the molecule is COc1ccc(F)c(CN[C@H]2CCCc3nc(N(C)C)ncc32)c1. The molecule has 6 heteroatoms. The third kappa shape index (κ3) is 3.48. The number of nitrogens with zero attached hydrogens (tertiary/aromatic N) is 3. The number of hydrogen-bond donors (Lipinski definition) is 1. The molecule has 0 aliphatic heterocycles. The van der Waals surface area contributed by atoms with Crippen LogP contribution in [0.4, 0.5) is 10.3 Å². The van der Waals surface area contributed by atoms with Crippen molar-refractivity contribution in [1.29, 1.82) is 0 Å². The molecule has 1 aliphatic rings. The van der Waals surface area contributed by atoms with Gasteiger partial charge in [0, 0.05) is 44.0 Å². The van der Waals surface area contributed by atoms with Gasteiger partial charge in [0.25, 0.3) is 0 Å². The Hall–Kier alpha value is -2.21. The van der Waals surface area contributed by atoms with Gasteiger partial charge in [0.1, 0.15) is 11.6 Å². The summed E-state index contributed by atoms with van der Waals surface area (Å²) in [6.45, 7) is 0.447. The summed E-state index contributed by atoms with van der Waals surface area (Å²) in [7, 11) is 5.46.